The molecule has 1 amide bonds. The van der Waals surface area contributed by atoms with E-state index in [2.05, 4.69) is 0 Å². The molecule has 0 aromatic heterocycles. The maximum absolute atomic E-state index is 10.8. The van der Waals surface area contributed by atoms with Crippen LogP contribution in [0.2, 0.25) is 0 Å². The van der Waals surface area contributed by atoms with Gasteiger partial charge in [0, 0.05) is 6.92 Å². The first-order chi connectivity index (χ1) is 8.66. The highest BCUT2D eigenvalue weighted by atomic mass is 16.5. The van der Waals surface area contributed by atoms with E-state index >= 15 is 0 Å². The molecule has 0 saturated heterocycles. The monoisotopic (exact) mass is 245 g/mol. The number of hydrogen-bond acceptors (Lipinski definition) is 3. The fourth-order valence-corrected chi connectivity index (χ4v) is 1.66. The lowest BCUT2D eigenvalue weighted by molar-refractivity contribution is -0.163. The van der Waals surface area contributed by atoms with Gasteiger partial charge >= 0.3 is 0 Å². The van der Waals surface area contributed by atoms with E-state index in [1.807, 2.05) is 42.5 Å². The van der Waals surface area contributed by atoms with Crippen LogP contribution >= 0.6 is 0 Å². The number of fused-ring (bicyclic) bond motifs is 1. The predicted molar refractivity (Wildman–Crippen MR) is 68.6 cm³/mol. The van der Waals surface area contributed by atoms with Gasteiger partial charge in [-0.25, -0.2) is 5.06 Å². The number of benzene rings is 2. The van der Waals surface area contributed by atoms with E-state index in [1.54, 1.807) is 0 Å². The Morgan fingerprint density at radius 3 is 2.67 bits per heavy atom. The summed E-state index contributed by atoms with van der Waals surface area (Å²) in [6, 6.07) is 13.8. The van der Waals surface area contributed by atoms with Crippen molar-refractivity contribution in [1.82, 2.24) is 5.06 Å². The van der Waals surface area contributed by atoms with Gasteiger partial charge in [-0.05, 0) is 22.9 Å². The summed E-state index contributed by atoms with van der Waals surface area (Å²) in [4.78, 5) is 10.8. The Morgan fingerprint density at radius 1 is 1.22 bits per heavy atom. The number of hydroxylamine groups is 2. The van der Waals surface area contributed by atoms with Crippen LogP contribution < -0.4 is 4.74 Å². The lowest BCUT2D eigenvalue weighted by atomic mass is 10.1. The average molecular weight is 245 g/mol. The predicted octanol–water partition coefficient (Wildman–Crippen LogP) is 2.46. The number of nitrogens with zero attached hydrogens (tertiary/aromatic N) is 1. The van der Waals surface area contributed by atoms with E-state index < -0.39 is 5.91 Å². The molecular formula is C14H15NO3. The highest BCUT2D eigenvalue weighted by molar-refractivity contribution is 5.83. The molecule has 0 aliphatic rings. The summed E-state index contributed by atoms with van der Waals surface area (Å²) < 4.78 is 5.48. The minimum absolute atomic E-state index is 0.155. The smallest absolute Gasteiger partial charge is 0.242 e. The van der Waals surface area contributed by atoms with Crippen LogP contribution in [0.5, 0.6) is 5.75 Å². The Morgan fingerprint density at radius 2 is 1.94 bits per heavy atom. The molecule has 18 heavy (non-hydrogen) atoms. The van der Waals surface area contributed by atoms with Crippen LogP contribution in [0.4, 0.5) is 0 Å². The number of rotatable bonds is 4. The van der Waals surface area contributed by atoms with Crippen molar-refractivity contribution in [3.05, 3.63) is 42.5 Å². The van der Waals surface area contributed by atoms with E-state index in [1.165, 1.54) is 6.92 Å². The summed E-state index contributed by atoms with van der Waals surface area (Å²) in [5.41, 5.74) is 0. The molecule has 2 rings (SSSR count). The number of ether oxygens (including phenoxy) is 1. The summed E-state index contributed by atoms with van der Waals surface area (Å²) in [7, 11) is 0. The molecule has 1 N–H and O–H groups in total. The normalized spacial score (nSPS) is 10.3. The van der Waals surface area contributed by atoms with Gasteiger partial charge in [0.05, 0.1) is 6.54 Å². The van der Waals surface area contributed by atoms with Crippen molar-refractivity contribution in [1.29, 1.82) is 0 Å². The molecule has 0 fully saturated rings. The third-order valence-electron chi connectivity index (χ3n) is 2.66. The molecule has 0 saturated carbocycles. The van der Waals surface area contributed by atoms with Crippen LogP contribution in [0.1, 0.15) is 6.92 Å². The van der Waals surface area contributed by atoms with Gasteiger partial charge in [0.25, 0.3) is 0 Å². The van der Waals surface area contributed by atoms with E-state index in [9.17, 15) is 10.0 Å². The van der Waals surface area contributed by atoms with Crippen LogP contribution in [0.3, 0.4) is 0 Å². The van der Waals surface area contributed by atoms with E-state index in [0.717, 1.165) is 16.5 Å². The second kappa shape index (κ2) is 5.51. The Balaban J connectivity index is 1.98. The number of carbonyl (C=O) groups excluding carboxylic acids is 1. The van der Waals surface area contributed by atoms with Crippen molar-refractivity contribution in [2.75, 3.05) is 13.2 Å². The van der Waals surface area contributed by atoms with Gasteiger partial charge in [-0.2, -0.15) is 0 Å². The first kappa shape index (κ1) is 12.4. The molecular weight excluding hydrogens is 230 g/mol. The van der Waals surface area contributed by atoms with Crippen molar-refractivity contribution in [3.63, 3.8) is 0 Å². The van der Waals surface area contributed by atoms with Crippen molar-refractivity contribution in [2.24, 2.45) is 0 Å². The van der Waals surface area contributed by atoms with Crippen molar-refractivity contribution in [3.8, 4) is 5.75 Å². The summed E-state index contributed by atoms with van der Waals surface area (Å²) in [5, 5.41) is 12.1. The first-order valence-corrected chi connectivity index (χ1v) is 5.75. The maximum atomic E-state index is 10.8. The minimum Gasteiger partial charge on any atom is -0.492 e. The molecule has 0 radical (unpaired) electrons. The van der Waals surface area contributed by atoms with Crippen molar-refractivity contribution in [2.45, 2.75) is 6.92 Å². The Labute approximate surface area is 105 Å². The van der Waals surface area contributed by atoms with Gasteiger partial charge < -0.3 is 4.74 Å². The van der Waals surface area contributed by atoms with Gasteiger partial charge in [0.2, 0.25) is 5.91 Å². The molecule has 0 heterocycles. The summed E-state index contributed by atoms with van der Waals surface area (Å²) >= 11 is 0. The summed E-state index contributed by atoms with van der Waals surface area (Å²) in [5.74, 6) is 0.336. The average Bonchev–Trinajstić information content (AvgIpc) is 2.38. The van der Waals surface area contributed by atoms with Gasteiger partial charge in [-0.1, -0.05) is 30.3 Å². The molecule has 4 nitrogen and oxygen atoms in total. The molecule has 0 aliphatic carbocycles. The lowest BCUT2D eigenvalue weighted by Gasteiger charge is -2.13. The Bertz CT molecular complexity index is 553. The summed E-state index contributed by atoms with van der Waals surface area (Å²) in [6.45, 7) is 1.71. The van der Waals surface area contributed by atoms with Crippen molar-refractivity contribution < 1.29 is 14.7 Å². The third kappa shape index (κ3) is 2.99. The minimum atomic E-state index is -0.392. The van der Waals surface area contributed by atoms with Gasteiger partial charge in [-0.15, -0.1) is 0 Å². The van der Waals surface area contributed by atoms with Crippen LogP contribution in [0.25, 0.3) is 10.8 Å². The standard InChI is InChI=1S/C14H15NO3/c1-11(16)15(17)8-9-18-14-7-6-12-4-2-3-5-13(12)10-14/h2-7,10,17H,8-9H2,1H3. The number of hydrogen-bond donors (Lipinski definition) is 1. The molecule has 0 spiro atoms. The van der Waals surface area contributed by atoms with E-state index in [4.69, 9.17) is 4.74 Å². The SMILES string of the molecule is CC(=O)N(O)CCOc1ccc2ccccc2c1. The van der Waals surface area contributed by atoms with Gasteiger partial charge in [-0.3, -0.25) is 10.0 Å². The third-order valence-corrected chi connectivity index (χ3v) is 2.66. The largest absolute Gasteiger partial charge is 0.492 e. The second-order valence-electron chi connectivity index (χ2n) is 4.00. The molecule has 0 bridgehead atoms. The summed E-state index contributed by atoms with van der Waals surface area (Å²) in [6.07, 6.45) is 0. The fraction of sp³-hybridized carbons (Fsp3) is 0.214. The molecule has 0 atom stereocenters. The zero-order valence-corrected chi connectivity index (χ0v) is 10.2. The Hall–Kier alpha value is -2.07. The van der Waals surface area contributed by atoms with Gasteiger partial charge in [0.1, 0.15) is 12.4 Å². The highest BCUT2D eigenvalue weighted by Gasteiger charge is 2.04. The zero-order valence-electron chi connectivity index (χ0n) is 10.2. The van der Waals surface area contributed by atoms with E-state index in [-0.39, 0.29) is 13.2 Å². The second-order valence-corrected chi connectivity index (χ2v) is 4.00. The molecule has 94 valence electrons. The topological polar surface area (TPSA) is 49.8 Å². The molecule has 0 aliphatic heterocycles. The van der Waals surface area contributed by atoms with Gasteiger partial charge in [0.15, 0.2) is 0 Å². The first-order valence-electron chi connectivity index (χ1n) is 5.75. The Kier molecular flexibility index (Phi) is 3.79. The maximum Gasteiger partial charge on any atom is 0.242 e. The number of amides is 1. The van der Waals surface area contributed by atoms with Crippen LogP contribution in [0, 0.1) is 0 Å². The molecule has 0 unspecified atom stereocenters. The number of carbonyl (C=O) groups is 1. The fourth-order valence-electron chi connectivity index (χ4n) is 1.66. The van der Waals surface area contributed by atoms with Crippen LogP contribution in [-0.2, 0) is 4.79 Å². The van der Waals surface area contributed by atoms with Crippen LogP contribution in [-0.4, -0.2) is 29.3 Å². The molecule has 4 heteroatoms. The molecule has 2 aromatic rings. The van der Waals surface area contributed by atoms with Crippen LogP contribution in [0.15, 0.2) is 42.5 Å². The zero-order chi connectivity index (χ0) is 13.0. The molecule has 2 aromatic carbocycles. The van der Waals surface area contributed by atoms with Crippen molar-refractivity contribution >= 4 is 16.7 Å². The van der Waals surface area contributed by atoms with E-state index in [0.29, 0.717) is 5.06 Å². The lowest BCUT2D eigenvalue weighted by Crippen LogP contribution is -2.29. The highest BCUT2D eigenvalue weighted by Crippen LogP contribution is 2.20. The quantitative estimate of drug-likeness (QED) is 0.665.